The third-order valence-electron chi connectivity index (χ3n) is 3.16. The number of nitrogens with one attached hydrogen (secondary N) is 1. The van der Waals surface area contributed by atoms with Crippen molar-refractivity contribution in [2.45, 2.75) is 6.92 Å². The van der Waals surface area contributed by atoms with E-state index in [9.17, 15) is 9.59 Å². The van der Waals surface area contributed by atoms with Gasteiger partial charge in [0.2, 0.25) is 5.56 Å². The number of hydrogen-bond donors (Lipinski definition) is 2. The van der Waals surface area contributed by atoms with E-state index < -0.39 is 5.91 Å². The van der Waals surface area contributed by atoms with Crippen LogP contribution in [0.25, 0.3) is 16.7 Å². The molecule has 1 amide bonds. The van der Waals surface area contributed by atoms with E-state index in [1.54, 1.807) is 17.7 Å². The number of carbonyl (C=O) groups excluding carboxylic acids is 1. The van der Waals surface area contributed by atoms with Crippen LogP contribution in [-0.2, 0) is 0 Å². The molecule has 0 radical (unpaired) electrons. The highest BCUT2D eigenvalue weighted by molar-refractivity contribution is 6.02. The summed E-state index contributed by atoms with van der Waals surface area (Å²) in [5.74, 6) is 5.09. The summed E-state index contributed by atoms with van der Waals surface area (Å²) in [6.45, 7) is 1.76. The lowest BCUT2D eigenvalue weighted by Gasteiger charge is -2.03. The largest absolute Gasteiger partial charge is 0.364 e. The van der Waals surface area contributed by atoms with Crippen molar-refractivity contribution < 1.29 is 4.79 Å². The van der Waals surface area contributed by atoms with Crippen LogP contribution in [0, 0.1) is 11.8 Å². The lowest BCUT2D eigenvalue weighted by molar-refractivity contribution is 0.0996. The predicted octanol–water partition coefficient (Wildman–Crippen LogP) is 1.18. The standard InChI is InChI=1S/C16H12N4O2/c1-2-4-10-5-3-6-11(9-10)20-12-7-8-13(21)18-14(12)15(19-20)16(17)22/h3,5-9H,1H3,(H2,17,22)(H,18,21). The first-order chi connectivity index (χ1) is 10.6. The number of nitrogens with zero attached hydrogens (tertiary/aromatic N) is 2. The Hall–Kier alpha value is -3.33. The summed E-state index contributed by atoms with van der Waals surface area (Å²) in [5.41, 5.74) is 7.52. The van der Waals surface area contributed by atoms with Gasteiger partial charge in [0.1, 0.15) is 5.52 Å². The number of nitrogens with two attached hydrogens (primary N) is 1. The zero-order valence-electron chi connectivity index (χ0n) is 11.8. The summed E-state index contributed by atoms with van der Waals surface area (Å²) in [7, 11) is 0. The number of amides is 1. The number of benzene rings is 1. The Morgan fingerprint density at radius 3 is 2.86 bits per heavy atom. The molecule has 0 aliphatic carbocycles. The smallest absolute Gasteiger partial charge is 0.271 e. The summed E-state index contributed by atoms with van der Waals surface area (Å²) in [6.07, 6.45) is 0. The maximum atomic E-state index is 11.5. The van der Waals surface area contributed by atoms with E-state index in [1.165, 1.54) is 6.07 Å². The second kappa shape index (κ2) is 5.22. The molecule has 0 saturated heterocycles. The molecule has 6 nitrogen and oxygen atoms in total. The van der Waals surface area contributed by atoms with Gasteiger partial charge in [0, 0.05) is 11.6 Å². The monoisotopic (exact) mass is 292 g/mol. The summed E-state index contributed by atoms with van der Waals surface area (Å²) in [4.78, 5) is 25.6. The number of pyridine rings is 1. The Morgan fingerprint density at radius 2 is 2.14 bits per heavy atom. The topological polar surface area (TPSA) is 93.8 Å². The molecule has 0 atom stereocenters. The zero-order valence-corrected chi connectivity index (χ0v) is 11.8. The second-order valence-corrected chi connectivity index (χ2v) is 4.63. The van der Waals surface area contributed by atoms with Gasteiger partial charge in [0.15, 0.2) is 5.69 Å². The van der Waals surface area contributed by atoms with Crippen LogP contribution >= 0.6 is 0 Å². The number of H-pyrrole nitrogens is 1. The fourth-order valence-corrected chi connectivity index (χ4v) is 2.26. The summed E-state index contributed by atoms with van der Waals surface area (Å²) >= 11 is 0. The second-order valence-electron chi connectivity index (χ2n) is 4.63. The van der Waals surface area contributed by atoms with Crippen LogP contribution in [0.15, 0.2) is 41.2 Å². The van der Waals surface area contributed by atoms with Gasteiger partial charge in [0.25, 0.3) is 5.91 Å². The molecular weight excluding hydrogens is 280 g/mol. The number of rotatable bonds is 2. The third kappa shape index (κ3) is 2.25. The van der Waals surface area contributed by atoms with E-state index >= 15 is 0 Å². The molecule has 2 heterocycles. The normalized spacial score (nSPS) is 10.2. The van der Waals surface area contributed by atoms with E-state index in [2.05, 4.69) is 21.9 Å². The van der Waals surface area contributed by atoms with Gasteiger partial charge in [-0.1, -0.05) is 12.0 Å². The summed E-state index contributed by atoms with van der Waals surface area (Å²) in [5, 5.41) is 4.23. The average Bonchev–Trinajstić information content (AvgIpc) is 2.86. The Kier molecular flexibility index (Phi) is 3.24. The number of primary amides is 1. The summed E-state index contributed by atoms with van der Waals surface area (Å²) in [6, 6.07) is 10.4. The molecule has 3 rings (SSSR count). The van der Waals surface area contributed by atoms with Crippen molar-refractivity contribution in [3.05, 3.63) is 58.0 Å². The zero-order chi connectivity index (χ0) is 15.7. The van der Waals surface area contributed by atoms with E-state index in [-0.39, 0.29) is 11.3 Å². The van der Waals surface area contributed by atoms with Crippen LogP contribution in [0.2, 0.25) is 0 Å². The van der Waals surface area contributed by atoms with Gasteiger partial charge >= 0.3 is 0 Å². The number of carbonyl (C=O) groups is 1. The first-order valence-electron chi connectivity index (χ1n) is 6.55. The minimum absolute atomic E-state index is 0.0275. The third-order valence-corrected chi connectivity index (χ3v) is 3.16. The maximum absolute atomic E-state index is 11.5. The molecule has 0 aliphatic heterocycles. The molecule has 6 heteroatoms. The number of hydrogen-bond acceptors (Lipinski definition) is 3. The van der Waals surface area contributed by atoms with Crippen molar-refractivity contribution in [3.8, 4) is 17.5 Å². The van der Waals surface area contributed by atoms with Crippen molar-refractivity contribution >= 4 is 16.9 Å². The highest BCUT2D eigenvalue weighted by atomic mass is 16.1. The van der Waals surface area contributed by atoms with Crippen LogP contribution in [0.5, 0.6) is 0 Å². The van der Waals surface area contributed by atoms with Gasteiger partial charge in [-0.05, 0) is 31.2 Å². The molecule has 3 N–H and O–H groups in total. The van der Waals surface area contributed by atoms with Gasteiger partial charge in [-0.2, -0.15) is 5.10 Å². The molecule has 0 aliphatic rings. The van der Waals surface area contributed by atoms with Crippen molar-refractivity contribution in [3.63, 3.8) is 0 Å². The van der Waals surface area contributed by atoms with Crippen molar-refractivity contribution in [1.82, 2.24) is 14.8 Å². The van der Waals surface area contributed by atoms with E-state index in [4.69, 9.17) is 5.73 Å². The predicted molar refractivity (Wildman–Crippen MR) is 82.8 cm³/mol. The van der Waals surface area contributed by atoms with Gasteiger partial charge in [-0.3, -0.25) is 9.59 Å². The number of aromatic nitrogens is 3. The highest BCUT2D eigenvalue weighted by Gasteiger charge is 2.16. The SMILES string of the molecule is CC#Cc1cccc(-n2nc(C(N)=O)c3[nH]c(=O)ccc32)c1. The van der Waals surface area contributed by atoms with Gasteiger partial charge in [-0.25, -0.2) is 4.68 Å². The molecule has 0 bridgehead atoms. The molecule has 22 heavy (non-hydrogen) atoms. The Morgan fingerprint density at radius 1 is 1.32 bits per heavy atom. The van der Waals surface area contributed by atoms with E-state index in [1.807, 2.05) is 24.3 Å². The molecule has 0 unspecified atom stereocenters. The molecule has 0 fully saturated rings. The van der Waals surface area contributed by atoms with Crippen molar-refractivity contribution in [1.29, 1.82) is 0 Å². The molecule has 2 aromatic heterocycles. The fourth-order valence-electron chi connectivity index (χ4n) is 2.26. The molecule has 0 spiro atoms. The minimum atomic E-state index is -0.699. The van der Waals surface area contributed by atoms with Crippen LogP contribution in [0.1, 0.15) is 23.0 Å². The quantitative estimate of drug-likeness (QED) is 0.694. The first-order valence-corrected chi connectivity index (χ1v) is 6.55. The van der Waals surface area contributed by atoms with Crippen LogP contribution in [-0.4, -0.2) is 20.7 Å². The lowest BCUT2D eigenvalue weighted by Crippen LogP contribution is -2.14. The van der Waals surface area contributed by atoms with Crippen LogP contribution < -0.4 is 11.3 Å². The van der Waals surface area contributed by atoms with E-state index in [0.29, 0.717) is 11.0 Å². The maximum Gasteiger partial charge on any atom is 0.271 e. The Balaban J connectivity index is 2.31. The van der Waals surface area contributed by atoms with Gasteiger partial charge < -0.3 is 10.7 Å². The van der Waals surface area contributed by atoms with Crippen molar-refractivity contribution in [2.75, 3.05) is 0 Å². The van der Waals surface area contributed by atoms with Gasteiger partial charge in [-0.15, -0.1) is 5.92 Å². The number of fused-ring (bicyclic) bond motifs is 1. The first kappa shape index (κ1) is 13.6. The molecule has 108 valence electrons. The van der Waals surface area contributed by atoms with Crippen LogP contribution in [0.4, 0.5) is 0 Å². The lowest BCUT2D eigenvalue weighted by atomic mass is 10.2. The molecule has 3 aromatic rings. The highest BCUT2D eigenvalue weighted by Crippen LogP contribution is 2.19. The fraction of sp³-hybridized carbons (Fsp3) is 0.0625. The van der Waals surface area contributed by atoms with E-state index in [0.717, 1.165) is 11.3 Å². The molecule has 0 saturated carbocycles. The van der Waals surface area contributed by atoms with Crippen LogP contribution in [0.3, 0.4) is 0 Å². The number of aromatic amines is 1. The molecule has 1 aromatic carbocycles. The average molecular weight is 292 g/mol. The van der Waals surface area contributed by atoms with Crippen molar-refractivity contribution in [2.24, 2.45) is 5.73 Å². The molecular formula is C16H12N4O2. The Labute approximate surface area is 125 Å². The van der Waals surface area contributed by atoms with Gasteiger partial charge in [0.05, 0.1) is 11.2 Å². The Bertz CT molecular complexity index is 1000. The minimum Gasteiger partial charge on any atom is -0.364 e. The summed E-state index contributed by atoms with van der Waals surface area (Å²) < 4.78 is 1.56.